The van der Waals surface area contributed by atoms with Gasteiger partial charge in [0.1, 0.15) is 0 Å². The molecule has 1 fully saturated rings. The van der Waals surface area contributed by atoms with Gasteiger partial charge in [-0.25, -0.2) is 0 Å². The highest BCUT2D eigenvalue weighted by Gasteiger charge is 2.19. The fraction of sp³-hybridized carbons (Fsp3) is 0.467. The molecule has 0 amide bonds. The van der Waals surface area contributed by atoms with Crippen LogP contribution in [0.15, 0.2) is 22.7 Å². The predicted octanol–water partition coefficient (Wildman–Crippen LogP) is 1.91. The largest absolute Gasteiger partial charge is 0.493 e. The highest BCUT2D eigenvalue weighted by molar-refractivity contribution is 7.85. The zero-order valence-electron chi connectivity index (χ0n) is 13.5. The van der Waals surface area contributed by atoms with Crippen molar-refractivity contribution in [1.82, 2.24) is 15.0 Å². The molecule has 7 nitrogen and oxygen atoms in total. The molecule has 3 rings (SSSR count). The van der Waals surface area contributed by atoms with E-state index in [1.165, 1.54) is 19.2 Å². The van der Waals surface area contributed by atoms with Crippen molar-refractivity contribution in [3.05, 3.63) is 24.1 Å². The number of halogens is 2. The van der Waals surface area contributed by atoms with Crippen LogP contribution in [0.5, 0.6) is 11.5 Å². The molecule has 0 atom stereocenters. The van der Waals surface area contributed by atoms with Gasteiger partial charge >= 0.3 is 6.61 Å². The zero-order chi connectivity index (χ0) is 17.8. The second-order valence-electron chi connectivity index (χ2n) is 5.38. The summed E-state index contributed by atoms with van der Waals surface area (Å²) in [6.07, 6.45) is 0. The molecule has 0 saturated carbocycles. The van der Waals surface area contributed by atoms with E-state index in [1.807, 2.05) is 0 Å². The Balaban J connectivity index is 1.72. The lowest BCUT2D eigenvalue weighted by atomic mass is 10.2. The molecule has 10 heteroatoms. The second-order valence-corrected chi connectivity index (χ2v) is 7.08. The average molecular weight is 373 g/mol. The molecule has 2 aromatic rings. The van der Waals surface area contributed by atoms with Crippen molar-refractivity contribution in [3.8, 4) is 22.9 Å². The van der Waals surface area contributed by atoms with Crippen LogP contribution in [0.4, 0.5) is 8.78 Å². The first-order chi connectivity index (χ1) is 12.0. The van der Waals surface area contributed by atoms with Crippen LogP contribution in [0.3, 0.4) is 0 Å². The van der Waals surface area contributed by atoms with Crippen molar-refractivity contribution >= 4 is 10.8 Å². The summed E-state index contributed by atoms with van der Waals surface area (Å²) in [4.78, 5) is 6.42. The van der Waals surface area contributed by atoms with Crippen LogP contribution in [0.2, 0.25) is 0 Å². The maximum Gasteiger partial charge on any atom is 0.387 e. The van der Waals surface area contributed by atoms with Gasteiger partial charge in [-0.1, -0.05) is 5.16 Å². The van der Waals surface area contributed by atoms with Crippen molar-refractivity contribution < 1.29 is 27.0 Å². The molecule has 136 valence electrons. The lowest BCUT2D eigenvalue weighted by Gasteiger charge is -2.24. The van der Waals surface area contributed by atoms with Crippen molar-refractivity contribution in [2.75, 3.05) is 31.7 Å². The maximum atomic E-state index is 12.4. The Kier molecular flexibility index (Phi) is 5.59. The molecule has 1 aromatic heterocycles. The maximum absolute atomic E-state index is 12.4. The fourth-order valence-electron chi connectivity index (χ4n) is 2.46. The van der Waals surface area contributed by atoms with Crippen LogP contribution in [-0.2, 0) is 17.3 Å². The summed E-state index contributed by atoms with van der Waals surface area (Å²) in [5, 5.41) is 3.92. The van der Waals surface area contributed by atoms with Gasteiger partial charge in [0.15, 0.2) is 11.5 Å². The van der Waals surface area contributed by atoms with Gasteiger partial charge in [0.25, 0.3) is 0 Å². The molecule has 1 saturated heterocycles. The van der Waals surface area contributed by atoms with Crippen molar-refractivity contribution in [3.63, 3.8) is 0 Å². The molecule has 25 heavy (non-hydrogen) atoms. The zero-order valence-corrected chi connectivity index (χ0v) is 14.3. The average Bonchev–Trinajstić information content (AvgIpc) is 3.05. The highest BCUT2D eigenvalue weighted by Crippen LogP contribution is 2.32. The number of nitrogens with zero attached hydrogens (tertiary/aromatic N) is 3. The minimum Gasteiger partial charge on any atom is -0.493 e. The van der Waals surface area contributed by atoms with Crippen molar-refractivity contribution in [1.29, 1.82) is 0 Å². The molecule has 0 radical (unpaired) electrons. The Morgan fingerprint density at radius 3 is 2.76 bits per heavy atom. The molecule has 2 heterocycles. The van der Waals surface area contributed by atoms with E-state index in [0.717, 1.165) is 13.1 Å². The number of alkyl halides is 2. The number of benzene rings is 1. The number of hydrogen-bond donors (Lipinski definition) is 0. The van der Waals surface area contributed by atoms with Crippen LogP contribution in [0.1, 0.15) is 5.89 Å². The monoisotopic (exact) mass is 373 g/mol. The first-order valence-corrected chi connectivity index (χ1v) is 9.07. The Labute approximate surface area is 145 Å². The van der Waals surface area contributed by atoms with Gasteiger partial charge in [0, 0.05) is 41.0 Å². The number of hydrogen-bond acceptors (Lipinski definition) is 7. The molecule has 0 N–H and O–H groups in total. The molecule has 0 unspecified atom stereocenters. The first kappa shape index (κ1) is 17.7. The highest BCUT2D eigenvalue weighted by atomic mass is 32.2. The van der Waals surface area contributed by atoms with Crippen LogP contribution in [0, 0.1) is 0 Å². The van der Waals surface area contributed by atoms with Crippen LogP contribution in [-0.4, -0.2) is 57.6 Å². The van der Waals surface area contributed by atoms with Crippen LogP contribution >= 0.6 is 0 Å². The summed E-state index contributed by atoms with van der Waals surface area (Å²) < 4.78 is 50.8. The quantitative estimate of drug-likeness (QED) is 0.765. The summed E-state index contributed by atoms with van der Waals surface area (Å²) >= 11 is 0. The standard InChI is InChI=1S/C15H17F2N3O4S/c1-22-12-8-10(2-3-11(12)23-15(16)17)14-18-13(24-19-14)9-20-4-6-25(21)7-5-20/h2-3,8,15H,4-7,9H2,1H3. The van der Waals surface area contributed by atoms with E-state index in [0.29, 0.717) is 35.3 Å². The van der Waals surface area contributed by atoms with Crippen molar-refractivity contribution in [2.24, 2.45) is 0 Å². The third-order valence-electron chi connectivity index (χ3n) is 3.74. The molecule has 1 aliphatic heterocycles. The summed E-state index contributed by atoms with van der Waals surface area (Å²) in [6.45, 7) is -1.01. The van der Waals surface area contributed by atoms with E-state index >= 15 is 0 Å². The van der Waals surface area contributed by atoms with Gasteiger partial charge in [0.2, 0.25) is 11.7 Å². The summed E-state index contributed by atoms with van der Waals surface area (Å²) in [7, 11) is 0.619. The lowest BCUT2D eigenvalue weighted by molar-refractivity contribution is -0.0512. The fourth-order valence-corrected chi connectivity index (χ4v) is 3.59. The topological polar surface area (TPSA) is 77.7 Å². The first-order valence-electron chi connectivity index (χ1n) is 7.58. The second kappa shape index (κ2) is 7.87. The smallest absolute Gasteiger partial charge is 0.387 e. The van der Waals surface area contributed by atoms with Crippen LogP contribution in [0.25, 0.3) is 11.4 Å². The minimum absolute atomic E-state index is 0.0636. The van der Waals surface area contributed by atoms with E-state index in [9.17, 15) is 13.0 Å². The molecule has 0 aliphatic carbocycles. The number of aromatic nitrogens is 2. The van der Waals surface area contributed by atoms with Gasteiger partial charge in [0.05, 0.1) is 13.7 Å². The van der Waals surface area contributed by atoms with Gasteiger partial charge in [-0.3, -0.25) is 9.11 Å². The molecular formula is C15H17F2N3O4S. The van der Waals surface area contributed by atoms with Crippen molar-refractivity contribution in [2.45, 2.75) is 13.2 Å². The Bertz CT molecular complexity index is 746. The Morgan fingerprint density at radius 1 is 1.32 bits per heavy atom. The van der Waals surface area contributed by atoms with Crippen LogP contribution < -0.4 is 9.47 Å². The summed E-state index contributed by atoms with van der Waals surface area (Å²) in [5.41, 5.74) is 0.563. The lowest BCUT2D eigenvalue weighted by Crippen LogP contribution is -2.37. The molecular weight excluding hydrogens is 356 g/mol. The predicted molar refractivity (Wildman–Crippen MR) is 86.1 cm³/mol. The Morgan fingerprint density at radius 2 is 2.08 bits per heavy atom. The van der Waals surface area contributed by atoms with E-state index in [4.69, 9.17) is 9.26 Å². The minimum atomic E-state index is -2.93. The summed E-state index contributed by atoms with van der Waals surface area (Å²) in [5.74, 6) is 2.15. The SMILES string of the molecule is COc1cc(-c2noc(CN3CCS(=O)CC3)n2)ccc1OC(F)F. The van der Waals surface area contributed by atoms with E-state index in [2.05, 4.69) is 19.8 Å². The molecule has 1 aromatic carbocycles. The van der Waals surface area contributed by atoms with E-state index < -0.39 is 17.4 Å². The third kappa shape index (κ3) is 4.51. The number of rotatable bonds is 6. The van der Waals surface area contributed by atoms with E-state index in [1.54, 1.807) is 6.07 Å². The third-order valence-corrected chi connectivity index (χ3v) is 5.01. The number of methoxy groups -OCH3 is 1. The van der Waals surface area contributed by atoms with Gasteiger partial charge in [-0.05, 0) is 18.2 Å². The van der Waals surface area contributed by atoms with Gasteiger partial charge < -0.3 is 14.0 Å². The molecule has 0 bridgehead atoms. The normalized spacial score (nSPS) is 16.3. The molecule has 1 aliphatic rings. The summed E-state index contributed by atoms with van der Waals surface area (Å²) in [6, 6.07) is 4.44. The number of ether oxygens (including phenoxy) is 2. The van der Waals surface area contributed by atoms with Gasteiger partial charge in [-0.15, -0.1) is 0 Å². The molecule has 0 spiro atoms. The Hall–Kier alpha value is -2.07. The van der Waals surface area contributed by atoms with E-state index in [-0.39, 0.29) is 11.5 Å². The van der Waals surface area contributed by atoms with Gasteiger partial charge in [-0.2, -0.15) is 13.8 Å².